The van der Waals surface area contributed by atoms with Crippen molar-refractivity contribution >= 4 is 18.7 Å². The zero-order chi connectivity index (χ0) is 19.5. The minimum absolute atomic E-state index is 0.0319. The summed E-state index contributed by atoms with van der Waals surface area (Å²) < 4.78 is 20.5. The van der Waals surface area contributed by atoms with Gasteiger partial charge in [-0.25, -0.2) is 0 Å². The molecule has 3 rings (SSSR count). The molecule has 1 fully saturated rings. The van der Waals surface area contributed by atoms with Gasteiger partial charge < -0.3 is 14.3 Å². The Kier molecular flexibility index (Phi) is 5.55. The maximum Gasteiger partial charge on any atom is 0.261 e. The fraction of sp³-hybridized carbons (Fsp3) is 0.455. The quantitative estimate of drug-likeness (QED) is 0.793. The zero-order valence-corrected chi connectivity index (χ0v) is 16.9. The molecule has 0 saturated carbocycles. The van der Waals surface area contributed by atoms with Crippen LogP contribution in [0.3, 0.4) is 0 Å². The van der Waals surface area contributed by atoms with Crippen LogP contribution in [0.15, 0.2) is 60.7 Å². The molecular formula is C22H30O3Si. The standard InChI is InChI=1S/C22H30O3Si/c1-22(2,3)26(19-10-6-4-7-11-19,20-12-8-5-9-13-20)25-17-21-18(16-23)14-15-24-21/h4-13,18,21,23H,14-17H2,1-3H3/t18-,21-/m1/s1/i15T/t15-,18+,21+/m0. The summed E-state index contributed by atoms with van der Waals surface area (Å²) in [6, 6.07) is 21.0. The molecule has 3 atom stereocenters. The van der Waals surface area contributed by atoms with Crippen LogP contribution in [0.2, 0.25) is 5.04 Å². The van der Waals surface area contributed by atoms with Gasteiger partial charge in [0.25, 0.3) is 8.32 Å². The van der Waals surface area contributed by atoms with Crippen LogP contribution in [-0.2, 0) is 9.16 Å². The Morgan fingerprint density at radius 1 is 1.08 bits per heavy atom. The van der Waals surface area contributed by atoms with Gasteiger partial charge in [-0.15, -0.1) is 0 Å². The van der Waals surface area contributed by atoms with Gasteiger partial charge in [-0.1, -0.05) is 81.4 Å². The van der Waals surface area contributed by atoms with E-state index in [0.717, 1.165) is 0 Å². The summed E-state index contributed by atoms with van der Waals surface area (Å²) in [7, 11) is -2.60. The van der Waals surface area contributed by atoms with Crippen molar-refractivity contribution in [1.82, 2.24) is 0 Å². The minimum Gasteiger partial charge on any atom is -0.405 e. The molecule has 2 aromatic rings. The monoisotopic (exact) mass is 372 g/mol. The molecule has 2 aromatic carbocycles. The van der Waals surface area contributed by atoms with Crippen LogP contribution >= 0.6 is 0 Å². The Morgan fingerprint density at radius 2 is 1.62 bits per heavy atom. The number of rotatable bonds is 6. The zero-order valence-electron chi connectivity index (χ0n) is 16.9. The van der Waals surface area contributed by atoms with Gasteiger partial charge in [0, 0.05) is 19.1 Å². The smallest absolute Gasteiger partial charge is 0.261 e. The number of ether oxygens (including phenoxy) is 1. The van der Waals surface area contributed by atoms with Gasteiger partial charge in [0.1, 0.15) is 0 Å². The second-order valence-electron chi connectivity index (χ2n) is 7.99. The highest BCUT2D eigenvalue weighted by Crippen LogP contribution is 2.37. The average molecular weight is 373 g/mol. The summed E-state index contributed by atoms with van der Waals surface area (Å²) >= 11 is 0. The third-order valence-corrected chi connectivity index (χ3v) is 10.3. The molecule has 0 unspecified atom stereocenters. The van der Waals surface area contributed by atoms with Gasteiger partial charge in [-0.2, -0.15) is 0 Å². The van der Waals surface area contributed by atoms with Crippen LogP contribution < -0.4 is 10.4 Å². The van der Waals surface area contributed by atoms with Gasteiger partial charge >= 0.3 is 0 Å². The van der Waals surface area contributed by atoms with E-state index in [1.807, 2.05) is 12.1 Å². The summed E-state index contributed by atoms with van der Waals surface area (Å²) in [4.78, 5) is 0. The van der Waals surface area contributed by atoms with Crippen molar-refractivity contribution in [1.29, 1.82) is 0 Å². The van der Waals surface area contributed by atoms with Crippen molar-refractivity contribution in [2.24, 2.45) is 5.92 Å². The second kappa shape index (κ2) is 8.05. The Labute approximate surface area is 159 Å². The lowest BCUT2D eigenvalue weighted by Gasteiger charge is -2.43. The Balaban J connectivity index is 2.02. The van der Waals surface area contributed by atoms with Crippen molar-refractivity contribution in [3.05, 3.63) is 60.7 Å². The predicted molar refractivity (Wildman–Crippen MR) is 109 cm³/mol. The SMILES string of the molecule is [3H][C@H]1C[C@H](CO)[C@@H](CO[Si](c2ccccc2)(c2ccccc2)C(C)(C)C)O1. The van der Waals surface area contributed by atoms with Crippen LogP contribution in [0.4, 0.5) is 0 Å². The van der Waals surface area contributed by atoms with E-state index >= 15 is 0 Å². The first-order chi connectivity index (χ1) is 12.9. The first-order valence-corrected chi connectivity index (χ1v) is 11.2. The molecule has 1 heterocycles. The molecule has 140 valence electrons. The molecule has 0 amide bonds. The van der Waals surface area contributed by atoms with Gasteiger partial charge in [-0.05, 0) is 21.8 Å². The summed E-state index contributed by atoms with van der Waals surface area (Å²) in [5.74, 6) is -0.0364. The number of benzene rings is 2. The Bertz CT molecular complexity index is 678. The molecule has 1 aliphatic rings. The van der Waals surface area contributed by atoms with E-state index in [1.54, 1.807) is 0 Å². The number of hydrogen-bond acceptors (Lipinski definition) is 3. The van der Waals surface area contributed by atoms with Crippen LogP contribution in [0, 0.1) is 5.92 Å². The van der Waals surface area contributed by atoms with Crippen molar-refractivity contribution in [2.75, 3.05) is 19.8 Å². The predicted octanol–water partition coefficient (Wildman–Crippen LogP) is 2.96. The largest absolute Gasteiger partial charge is 0.405 e. The highest BCUT2D eigenvalue weighted by Gasteiger charge is 2.50. The summed E-state index contributed by atoms with van der Waals surface area (Å²) in [6.07, 6.45) is 0.324. The van der Waals surface area contributed by atoms with Crippen LogP contribution in [-0.4, -0.2) is 39.3 Å². The number of aliphatic hydroxyl groups excluding tert-OH is 1. The molecule has 0 bridgehead atoms. The van der Waals surface area contributed by atoms with Crippen molar-refractivity contribution in [3.8, 4) is 0 Å². The normalized spacial score (nSPS) is 24.5. The molecule has 1 saturated heterocycles. The molecule has 0 spiro atoms. The van der Waals surface area contributed by atoms with E-state index in [1.165, 1.54) is 10.4 Å². The van der Waals surface area contributed by atoms with E-state index in [2.05, 4.69) is 69.3 Å². The topological polar surface area (TPSA) is 38.7 Å². The van der Waals surface area contributed by atoms with E-state index in [-0.39, 0.29) is 23.7 Å². The van der Waals surface area contributed by atoms with Gasteiger partial charge in [0.15, 0.2) is 0 Å². The molecule has 1 N–H and O–H groups in total. The Hall–Kier alpha value is -1.46. The lowest BCUT2D eigenvalue weighted by atomic mass is 10.0. The second-order valence-corrected chi connectivity index (χ2v) is 12.3. The maximum atomic E-state index is 9.67. The van der Waals surface area contributed by atoms with Crippen molar-refractivity contribution in [3.63, 3.8) is 0 Å². The van der Waals surface area contributed by atoms with Crippen molar-refractivity contribution in [2.45, 2.75) is 38.3 Å². The number of hydrogen-bond donors (Lipinski definition) is 1. The lowest BCUT2D eigenvalue weighted by molar-refractivity contribution is 0.0320. The fourth-order valence-corrected chi connectivity index (χ4v) is 8.47. The molecule has 0 aromatic heterocycles. The van der Waals surface area contributed by atoms with Gasteiger partial charge in [-0.3, -0.25) is 0 Å². The maximum absolute atomic E-state index is 9.67. The van der Waals surface area contributed by atoms with Crippen LogP contribution in [0.1, 0.15) is 28.6 Å². The third kappa shape index (κ3) is 3.65. The molecule has 0 radical (unpaired) electrons. The summed E-state index contributed by atoms with van der Waals surface area (Å²) in [5, 5.41) is 12.0. The highest BCUT2D eigenvalue weighted by molar-refractivity contribution is 6.99. The molecule has 1 aliphatic heterocycles. The lowest BCUT2D eigenvalue weighted by Crippen LogP contribution is -2.67. The Morgan fingerprint density at radius 3 is 2.08 bits per heavy atom. The van der Waals surface area contributed by atoms with Gasteiger partial charge in [0.2, 0.25) is 0 Å². The molecule has 3 nitrogen and oxygen atoms in total. The van der Waals surface area contributed by atoms with E-state index in [0.29, 0.717) is 13.0 Å². The minimum atomic E-state index is -2.60. The van der Waals surface area contributed by atoms with Crippen LogP contribution in [0.25, 0.3) is 0 Å². The van der Waals surface area contributed by atoms with Gasteiger partial charge in [0.05, 0.1) is 14.1 Å². The average Bonchev–Trinajstić information content (AvgIpc) is 3.03. The molecule has 4 heteroatoms. The fourth-order valence-electron chi connectivity index (χ4n) is 3.90. The molecular weight excluding hydrogens is 340 g/mol. The van der Waals surface area contributed by atoms with E-state index in [4.69, 9.17) is 10.5 Å². The molecule has 0 aliphatic carbocycles. The highest BCUT2D eigenvalue weighted by atomic mass is 28.4. The van der Waals surface area contributed by atoms with Crippen molar-refractivity contribution < 1.29 is 15.6 Å². The van der Waals surface area contributed by atoms with E-state index in [9.17, 15) is 5.11 Å². The summed E-state index contributed by atoms with van der Waals surface area (Å²) in [5.41, 5.74) is 0. The first kappa shape index (κ1) is 17.9. The first-order valence-electron chi connectivity index (χ1n) is 9.90. The number of aliphatic hydroxyl groups is 1. The van der Waals surface area contributed by atoms with E-state index < -0.39 is 14.9 Å². The molecule has 26 heavy (non-hydrogen) atoms. The van der Waals surface area contributed by atoms with Crippen LogP contribution in [0.5, 0.6) is 0 Å². The summed E-state index contributed by atoms with van der Waals surface area (Å²) in [6.45, 7) is 6.58. The third-order valence-electron chi connectivity index (χ3n) is 5.31.